The summed E-state index contributed by atoms with van der Waals surface area (Å²) in [5.41, 5.74) is 0.872. The van der Waals surface area contributed by atoms with Gasteiger partial charge in [-0.3, -0.25) is 13.9 Å². The summed E-state index contributed by atoms with van der Waals surface area (Å²) in [7, 11) is -4.23. The minimum Gasteiger partial charge on any atom is -0.352 e. The van der Waals surface area contributed by atoms with Crippen LogP contribution >= 0.6 is 23.2 Å². The number of hydrogen-bond acceptors (Lipinski definition) is 4. The molecule has 1 N–H and O–H groups in total. The minimum absolute atomic E-state index is 0.00925. The molecule has 2 atom stereocenters. The molecule has 7 nitrogen and oxygen atoms in total. The molecule has 3 rings (SSSR count). The molecule has 0 saturated heterocycles. The molecule has 208 valence electrons. The monoisotopic (exact) mass is 589 g/mol. The van der Waals surface area contributed by atoms with E-state index in [0.29, 0.717) is 6.42 Å². The van der Waals surface area contributed by atoms with Crippen LogP contribution in [0.4, 0.5) is 5.69 Å². The maximum absolute atomic E-state index is 14.0. The average molecular weight is 591 g/mol. The smallest absolute Gasteiger partial charge is 0.264 e. The Balaban J connectivity index is 2.07. The van der Waals surface area contributed by atoms with Crippen LogP contribution in [-0.4, -0.2) is 43.8 Å². The Kier molecular flexibility index (Phi) is 10.8. The molecule has 3 aromatic rings. The number of hydrogen-bond donors (Lipinski definition) is 1. The third-order valence-electron chi connectivity index (χ3n) is 6.37. The van der Waals surface area contributed by atoms with Gasteiger partial charge < -0.3 is 10.2 Å². The van der Waals surface area contributed by atoms with E-state index in [1.807, 2.05) is 51.1 Å². The van der Waals surface area contributed by atoms with Gasteiger partial charge in [-0.05, 0) is 55.7 Å². The first kappa shape index (κ1) is 30.5. The number of carbonyl (C=O) groups is 2. The van der Waals surface area contributed by atoms with E-state index in [4.69, 9.17) is 23.2 Å². The summed E-state index contributed by atoms with van der Waals surface area (Å²) < 4.78 is 28.6. The second kappa shape index (κ2) is 13.8. The number of amides is 2. The summed E-state index contributed by atoms with van der Waals surface area (Å²) in [6.07, 6.45) is 1.06. The third kappa shape index (κ3) is 7.75. The molecule has 10 heteroatoms. The van der Waals surface area contributed by atoms with Crippen LogP contribution in [0.2, 0.25) is 10.0 Å². The number of carbonyl (C=O) groups excluding carboxylic acids is 2. The molecule has 0 unspecified atom stereocenters. The van der Waals surface area contributed by atoms with Crippen molar-refractivity contribution >= 4 is 50.7 Å². The number of sulfonamides is 1. The zero-order valence-corrected chi connectivity index (χ0v) is 24.5. The summed E-state index contributed by atoms with van der Waals surface area (Å²) in [6, 6.07) is 20.6. The number of benzene rings is 3. The van der Waals surface area contributed by atoms with Crippen molar-refractivity contribution in [1.29, 1.82) is 0 Å². The summed E-state index contributed by atoms with van der Waals surface area (Å²) in [4.78, 5) is 28.7. The zero-order valence-electron chi connectivity index (χ0n) is 22.2. The summed E-state index contributed by atoms with van der Waals surface area (Å²) in [5, 5.41) is 3.33. The highest BCUT2D eigenvalue weighted by atomic mass is 35.5. The molecular weight excluding hydrogens is 557 g/mol. The van der Waals surface area contributed by atoms with Gasteiger partial charge in [0, 0.05) is 17.6 Å². The van der Waals surface area contributed by atoms with Crippen molar-refractivity contribution in [2.75, 3.05) is 10.8 Å². The van der Waals surface area contributed by atoms with Crippen molar-refractivity contribution in [3.8, 4) is 0 Å². The molecular formula is C29H33Cl2N3O4S. The Hall–Kier alpha value is -3.07. The molecule has 0 aliphatic rings. The molecule has 2 amide bonds. The third-order valence-corrected chi connectivity index (χ3v) is 8.70. The van der Waals surface area contributed by atoms with Gasteiger partial charge in [0.2, 0.25) is 11.8 Å². The van der Waals surface area contributed by atoms with Gasteiger partial charge in [0.15, 0.2) is 0 Å². The standard InChI is InChI=1S/C29H33Cl2N3O4S/c1-4-21(3)32-29(36)26(5-2)33(19-22-12-8-6-9-13-22)28(35)20-34(27-18-23(30)16-17-25(27)31)39(37,38)24-14-10-7-11-15-24/h6-18,21,26H,4-5,19-20H2,1-3H3,(H,32,36)/t21-,26+/m0/s1. The van der Waals surface area contributed by atoms with E-state index in [2.05, 4.69) is 5.32 Å². The number of halogens is 2. The van der Waals surface area contributed by atoms with Crippen LogP contribution in [-0.2, 0) is 26.2 Å². The highest BCUT2D eigenvalue weighted by molar-refractivity contribution is 7.92. The van der Waals surface area contributed by atoms with E-state index in [0.717, 1.165) is 16.3 Å². The summed E-state index contributed by atoms with van der Waals surface area (Å²) in [6.45, 7) is 5.20. The van der Waals surface area contributed by atoms with Crippen LogP contribution in [0.3, 0.4) is 0 Å². The quantitative estimate of drug-likeness (QED) is 0.284. The molecule has 0 aromatic heterocycles. The topological polar surface area (TPSA) is 86.8 Å². The normalized spacial score (nSPS) is 12.8. The lowest BCUT2D eigenvalue weighted by Gasteiger charge is -2.34. The van der Waals surface area contributed by atoms with E-state index < -0.39 is 28.5 Å². The predicted octanol–water partition coefficient (Wildman–Crippen LogP) is 5.91. The zero-order chi connectivity index (χ0) is 28.6. The van der Waals surface area contributed by atoms with Crippen LogP contribution < -0.4 is 9.62 Å². The molecule has 0 aliphatic heterocycles. The van der Waals surface area contributed by atoms with E-state index in [1.165, 1.54) is 35.2 Å². The molecule has 0 aliphatic carbocycles. The Morgan fingerprint density at radius 3 is 2.10 bits per heavy atom. The van der Waals surface area contributed by atoms with Crippen molar-refractivity contribution in [1.82, 2.24) is 10.2 Å². The number of nitrogens with one attached hydrogen (secondary N) is 1. The van der Waals surface area contributed by atoms with Crippen LogP contribution in [0, 0.1) is 0 Å². The van der Waals surface area contributed by atoms with Gasteiger partial charge in [-0.25, -0.2) is 8.42 Å². The minimum atomic E-state index is -4.23. The van der Waals surface area contributed by atoms with Gasteiger partial charge in [-0.1, -0.05) is 85.6 Å². The van der Waals surface area contributed by atoms with Gasteiger partial charge in [0.1, 0.15) is 12.6 Å². The van der Waals surface area contributed by atoms with E-state index in [1.54, 1.807) is 18.2 Å². The van der Waals surface area contributed by atoms with Gasteiger partial charge in [0.25, 0.3) is 10.0 Å². The molecule has 0 bridgehead atoms. The number of anilines is 1. The molecule has 3 aromatic carbocycles. The SMILES string of the molecule is CC[C@H](C(=O)N[C@@H](C)CC)N(Cc1ccccc1)C(=O)CN(c1cc(Cl)ccc1Cl)S(=O)(=O)c1ccccc1. The average Bonchev–Trinajstić information content (AvgIpc) is 2.93. The fourth-order valence-electron chi connectivity index (χ4n) is 4.05. The maximum atomic E-state index is 14.0. The van der Waals surface area contributed by atoms with Crippen LogP contribution in [0.25, 0.3) is 0 Å². The van der Waals surface area contributed by atoms with Crippen molar-refractivity contribution < 1.29 is 18.0 Å². The number of rotatable bonds is 12. The molecule has 0 radical (unpaired) electrons. The largest absolute Gasteiger partial charge is 0.352 e. The molecule has 0 heterocycles. The summed E-state index contributed by atoms with van der Waals surface area (Å²) >= 11 is 12.6. The Bertz CT molecular complexity index is 1370. The molecule has 0 fully saturated rings. The van der Waals surface area contributed by atoms with Gasteiger partial charge in [0.05, 0.1) is 15.6 Å². The first-order valence-electron chi connectivity index (χ1n) is 12.7. The number of nitrogens with zero attached hydrogens (tertiary/aromatic N) is 2. The van der Waals surface area contributed by atoms with E-state index >= 15 is 0 Å². The van der Waals surface area contributed by atoms with Gasteiger partial charge >= 0.3 is 0 Å². The van der Waals surface area contributed by atoms with Crippen molar-refractivity contribution in [2.45, 2.75) is 57.1 Å². The highest BCUT2D eigenvalue weighted by Gasteiger charge is 2.34. The highest BCUT2D eigenvalue weighted by Crippen LogP contribution is 2.33. The van der Waals surface area contributed by atoms with Crippen molar-refractivity contribution in [3.05, 3.63) is 94.5 Å². The van der Waals surface area contributed by atoms with E-state index in [-0.39, 0.29) is 39.1 Å². The Morgan fingerprint density at radius 1 is 0.897 bits per heavy atom. The second-order valence-electron chi connectivity index (χ2n) is 9.17. The Morgan fingerprint density at radius 2 is 1.51 bits per heavy atom. The summed E-state index contributed by atoms with van der Waals surface area (Å²) in [5.74, 6) is -0.852. The van der Waals surface area contributed by atoms with E-state index in [9.17, 15) is 18.0 Å². The fraction of sp³-hybridized carbons (Fsp3) is 0.310. The lowest BCUT2D eigenvalue weighted by molar-refractivity contribution is -0.140. The molecule has 0 saturated carbocycles. The van der Waals surface area contributed by atoms with Gasteiger partial charge in [-0.15, -0.1) is 0 Å². The first-order chi connectivity index (χ1) is 18.6. The van der Waals surface area contributed by atoms with Gasteiger partial charge in [-0.2, -0.15) is 0 Å². The van der Waals surface area contributed by atoms with Crippen molar-refractivity contribution in [2.24, 2.45) is 0 Å². The van der Waals surface area contributed by atoms with Crippen LogP contribution in [0.1, 0.15) is 39.2 Å². The lowest BCUT2D eigenvalue weighted by atomic mass is 10.1. The Labute approximate surface area is 240 Å². The first-order valence-corrected chi connectivity index (χ1v) is 14.9. The molecule has 0 spiro atoms. The lowest BCUT2D eigenvalue weighted by Crippen LogP contribution is -2.53. The fourth-order valence-corrected chi connectivity index (χ4v) is 5.93. The molecule has 39 heavy (non-hydrogen) atoms. The van der Waals surface area contributed by atoms with Crippen LogP contribution in [0.5, 0.6) is 0 Å². The predicted molar refractivity (Wildman–Crippen MR) is 156 cm³/mol. The van der Waals surface area contributed by atoms with Crippen LogP contribution in [0.15, 0.2) is 83.8 Å². The van der Waals surface area contributed by atoms with Crippen molar-refractivity contribution in [3.63, 3.8) is 0 Å². The maximum Gasteiger partial charge on any atom is 0.264 e. The second-order valence-corrected chi connectivity index (χ2v) is 11.9.